The fourth-order valence-corrected chi connectivity index (χ4v) is 3.31. The van der Waals surface area contributed by atoms with Crippen molar-refractivity contribution in [2.45, 2.75) is 13.0 Å². The molecule has 0 aliphatic rings. The number of nitrogens with one attached hydrogen (secondary N) is 2. The molecule has 0 fully saturated rings. The predicted molar refractivity (Wildman–Crippen MR) is 128 cm³/mol. The zero-order valence-corrected chi connectivity index (χ0v) is 18.9. The third kappa shape index (κ3) is 7.12. The highest BCUT2D eigenvalue weighted by atomic mass is 127. The molecule has 0 aliphatic carbocycles. The van der Waals surface area contributed by atoms with Crippen molar-refractivity contribution in [3.63, 3.8) is 0 Å². The number of benzene rings is 2. The lowest BCUT2D eigenvalue weighted by Crippen LogP contribution is -2.37. The van der Waals surface area contributed by atoms with E-state index in [1.54, 1.807) is 18.4 Å². The minimum Gasteiger partial charge on any atom is -0.494 e. The van der Waals surface area contributed by atoms with Crippen LogP contribution < -0.4 is 15.4 Å². The van der Waals surface area contributed by atoms with Crippen LogP contribution in [0.3, 0.4) is 0 Å². The van der Waals surface area contributed by atoms with E-state index in [-0.39, 0.29) is 24.0 Å². The first-order valence-corrected chi connectivity index (χ1v) is 9.85. The molecule has 7 heteroatoms. The van der Waals surface area contributed by atoms with E-state index in [9.17, 15) is 0 Å². The summed E-state index contributed by atoms with van der Waals surface area (Å²) in [5.74, 6) is 1.67. The summed E-state index contributed by atoms with van der Waals surface area (Å²) in [6.45, 7) is 2.10. The van der Waals surface area contributed by atoms with Crippen LogP contribution in [0, 0.1) is 0 Å². The van der Waals surface area contributed by atoms with Crippen molar-refractivity contribution in [2.24, 2.45) is 4.99 Å². The number of rotatable bonds is 8. The molecule has 28 heavy (non-hydrogen) atoms. The van der Waals surface area contributed by atoms with Gasteiger partial charge in [0.05, 0.1) is 18.8 Å². The fraction of sp³-hybridized carbons (Fsp3) is 0.238. The highest BCUT2D eigenvalue weighted by molar-refractivity contribution is 14.0. The Morgan fingerprint density at radius 3 is 2.46 bits per heavy atom. The van der Waals surface area contributed by atoms with Crippen LogP contribution in [0.4, 0.5) is 0 Å². The Labute approximate surface area is 187 Å². The van der Waals surface area contributed by atoms with Crippen molar-refractivity contribution in [2.75, 3.05) is 20.2 Å². The summed E-state index contributed by atoms with van der Waals surface area (Å²) >= 11 is 1.66. The molecule has 0 bridgehead atoms. The van der Waals surface area contributed by atoms with Gasteiger partial charge in [0.25, 0.3) is 0 Å². The molecule has 3 rings (SSSR count). The van der Waals surface area contributed by atoms with Gasteiger partial charge in [-0.15, -0.1) is 35.3 Å². The number of hydrogen-bond donors (Lipinski definition) is 2. The largest absolute Gasteiger partial charge is 0.494 e. The number of nitrogens with zero attached hydrogens (tertiary/aromatic N) is 2. The lowest BCUT2D eigenvalue weighted by atomic mass is 10.2. The summed E-state index contributed by atoms with van der Waals surface area (Å²) < 4.78 is 5.69. The SMILES string of the molecule is CN=C(NCCCOc1ccccc1)NCc1csc(-c2ccccc2)n1.I. The molecule has 2 N–H and O–H groups in total. The minimum absolute atomic E-state index is 0. The van der Waals surface area contributed by atoms with Gasteiger partial charge in [0.1, 0.15) is 10.8 Å². The Hall–Kier alpha value is -2.13. The van der Waals surface area contributed by atoms with Gasteiger partial charge in [-0.25, -0.2) is 4.98 Å². The Morgan fingerprint density at radius 2 is 1.75 bits per heavy atom. The third-order valence-corrected chi connectivity index (χ3v) is 4.80. The van der Waals surface area contributed by atoms with Gasteiger partial charge in [0.2, 0.25) is 0 Å². The highest BCUT2D eigenvalue weighted by Crippen LogP contribution is 2.23. The van der Waals surface area contributed by atoms with E-state index < -0.39 is 0 Å². The molecule has 3 aromatic rings. The minimum atomic E-state index is 0. The standard InChI is InChI=1S/C21H24N4OS.HI/c1-22-21(23-13-8-14-26-19-11-6-3-7-12-19)24-15-18-16-27-20(25-18)17-9-4-2-5-10-17;/h2-7,9-12,16H,8,13-15H2,1H3,(H2,22,23,24);1H. The number of aliphatic imine (C=N–C) groups is 1. The van der Waals surface area contributed by atoms with Gasteiger partial charge in [-0.3, -0.25) is 4.99 Å². The van der Waals surface area contributed by atoms with Gasteiger partial charge in [-0.2, -0.15) is 0 Å². The van der Waals surface area contributed by atoms with E-state index in [0.717, 1.165) is 40.9 Å². The van der Waals surface area contributed by atoms with Crippen molar-refractivity contribution < 1.29 is 4.74 Å². The monoisotopic (exact) mass is 508 g/mol. The van der Waals surface area contributed by atoms with Gasteiger partial charge in [-0.1, -0.05) is 48.5 Å². The summed E-state index contributed by atoms with van der Waals surface area (Å²) in [4.78, 5) is 8.94. The zero-order valence-electron chi connectivity index (χ0n) is 15.8. The number of guanidine groups is 1. The van der Waals surface area contributed by atoms with E-state index in [0.29, 0.717) is 13.2 Å². The molecule has 0 amide bonds. The Morgan fingerprint density at radius 1 is 1.04 bits per heavy atom. The van der Waals surface area contributed by atoms with Crippen LogP contribution in [0.5, 0.6) is 5.75 Å². The van der Waals surface area contributed by atoms with E-state index in [1.807, 2.05) is 48.5 Å². The van der Waals surface area contributed by atoms with Crippen LogP contribution in [-0.2, 0) is 6.54 Å². The van der Waals surface area contributed by atoms with Crippen molar-refractivity contribution in [3.8, 4) is 16.3 Å². The molecule has 5 nitrogen and oxygen atoms in total. The van der Waals surface area contributed by atoms with Gasteiger partial charge in [0.15, 0.2) is 5.96 Å². The topological polar surface area (TPSA) is 58.5 Å². The van der Waals surface area contributed by atoms with E-state index >= 15 is 0 Å². The second-order valence-corrected chi connectivity index (χ2v) is 6.74. The molecular weight excluding hydrogens is 483 g/mol. The average molecular weight is 508 g/mol. The lowest BCUT2D eigenvalue weighted by molar-refractivity contribution is 0.311. The first-order chi connectivity index (χ1) is 13.3. The fourth-order valence-electron chi connectivity index (χ4n) is 2.48. The molecular formula is C21H25IN4OS. The first kappa shape index (κ1) is 22.2. The Kier molecular flexibility index (Phi) is 9.78. The maximum atomic E-state index is 5.69. The van der Waals surface area contributed by atoms with Crippen molar-refractivity contribution >= 4 is 41.3 Å². The highest BCUT2D eigenvalue weighted by Gasteiger charge is 2.05. The molecule has 0 atom stereocenters. The van der Waals surface area contributed by atoms with Crippen molar-refractivity contribution in [3.05, 3.63) is 71.7 Å². The lowest BCUT2D eigenvalue weighted by Gasteiger charge is -2.11. The summed E-state index contributed by atoms with van der Waals surface area (Å²) in [6, 6.07) is 20.1. The molecule has 0 saturated heterocycles. The molecule has 0 spiro atoms. The smallest absolute Gasteiger partial charge is 0.191 e. The van der Waals surface area contributed by atoms with Crippen LogP contribution in [0.15, 0.2) is 71.0 Å². The number of ether oxygens (including phenoxy) is 1. The number of thiazole rings is 1. The number of hydrogen-bond acceptors (Lipinski definition) is 4. The Bertz CT molecular complexity index is 840. The number of para-hydroxylation sites is 1. The maximum Gasteiger partial charge on any atom is 0.191 e. The molecule has 1 heterocycles. The van der Waals surface area contributed by atoms with Gasteiger partial charge in [0, 0.05) is 24.5 Å². The second kappa shape index (κ2) is 12.4. The summed E-state index contributed by atoms with van der Waals surface area (Å²) in [5, 5.41) is 9.72. The molecule has 0 radical (unpaired) electrons. The number of halogens is 1. The molecule has 148 valence electrons. The van der Waals surface area contributed by atoms with Crippen LogP contribution >= 0.6 is 35.3 Å². The van der Waals surface area contributed by atoms with Crippen molar-refractivity contribution in [1.82, 2.24) is 15.6 Å². The van der Waals surface area contributed by atoms with Gasteiger partial charge in [-0.05, 0) is 18.6 Å². The summed E-state index contributed by atoms with van der Waals surface area (Å²) in [5.41, 5.74) is 2.16. The average Bonchev–Trinajstić information content (AvgIpc) is 3.20. The van der Waals surface area contributed by atoms with Crippen LogP contribution in [-0.4, -0.2) is 31.1 Å². The third-order valence-electron chi connectivity index (χ3n) is 3.86. The van der Waals surface area contributed by atoms with Gasteiger partial charge >= 0.3 is 0 Å². The summed E-state index contributed by atoms with van der Waals surface area (Å²) in [6.07, 6.45) is 0.893. The van der Waals surface area contributed by atoms with Gasteiger partial charge < -0.3 is 15.4 Å². The molecule has 2 aromatic carbocycles. The van der Waals surface area contributed by atoms with E-state index in [2.05, 4.69) is 38.1 Å². The molecule has 1 aromatic heterocycles. The van der Waals surface area contributed by atoms with Crippen LogP contribution in [0.25, 0.3) is 10.6 Å². The molecule has 0 saturated carbocycles. The predicted octanol–water partition coefficient (Wildman–Crippen LogP) is 4.56. The molecule has 0 aliphatic heterocycles. The normalized spacial score (nSPS) is 10.8. The molecule has 0 unspecified atom stereocenters. The zero-order chi connectivity index (χ0) is 18.7. The van der Waals surface area contributed by atoms with Crippen molar-refractivity contribution in [1.29, 1.82) is 0 Å². The van der Waals surface area contributed by atoms with E-state index in [1.165, 1.54) is 0 Å². The first-order valence-electron chi connectivity index (χ1n) is 8.97. The number of aromatic nitrogens is 1. The second-order valence-electron chi connectivity index (χ2n) is 5.88. The van der Waals surface area contributed by atoms with Crippen LogP contribution in [0.1, 0.15) is 12.1 Å². The summed E-state index contributed by atoms with van der Waals surface area (Å²) in [7, 11) is 1.77. The van der Waals surface area contributed by atoms with E-state index in [4.69, 9.17) is 4.74 Å². The maximum absolute atomic E-state index is 5.69. The van der Waals surface area contributed by atoms with Crippen LogP contribution in [0.2, 0.25) is 0 Å². The quantitative estimate of drug-likeness (QED) is 0.203. The Balaban J connectivity index is 0.00000280.